The summed E-state index contributed by atoms with van der Waals surface area (Å²) < 4.78 is 5.76. The average molecular weight is 346 g/mol. The van der Waals surface area contributed by atoms with E-state index in [-0.39, 0.29) is 6.10 Å². The van der Waals surface area contributed by atoms with Gasteiger partial charge in [0.2, 0.25) is 0 Å². The Bertz CT molecular complexity index is 621. The lowest BCUT2D eigenvalue weighted by atomic mass is 10.0. The summed E-state index contributed by atoms with van der Waals surface area (Å²) in [5.41, 5.74) is 2.24. The molecule has 0 aliphatic heterocycles. The fourth-order valence-electron chi connectivity index (χ4n) is 3.13. The molecular formula is C19H26N2O2S. The molecule has 1 unspecified atom stereocenters. The molecule has 130 valence electrons. The Morgan fingerprint density at radius 1 is 1.29 bits per heavy atom. The predicted octanol–water partition coefficient (Wildman–Crippen LogP) is 3.67. The second-order valence-corrected chi connectivity index (χ2v) is 7.52. The van der Waals surface area contributed by atoms with E-state index in [0.717, 1.165) is 16.5 Å². The monoisotopic (exact) mass is 346 g/mol. The van der Waals surface area contributed by atoms with Crippen LogP contribution in [0.25, 0.3) is 0 Å². The van der Waals surface area contributed by atoms with Crippen molar-refractivity contribution in [2.75, 3.05) is 6.54 Å². The van der Waals surface area contributed by atoms with Crippen molar-refractivity contribution in [3.8, 4) is 5.75 Å². The standard InChI is InChI=1S/C19H26N2O2S/c1-14-6-8-17(9-7-14)23-12-19-21-16(13-24-19)10-20-11-18(22)15-4-2-3-5-15/h6-9,13,15,18,20,22H,2-5,10-12H2,1H3. The van der Waals surface area contributed by atoms with Crippen LogP contribution in [0.4, 0.5) is 0 Å². The second kappa shape index (κ2) is 8.60. The van der Waals surface area contributed by atoms with Gasteiger partial charge in [0.15, 0.2) is 0 Å². The summed E-state index contributed by atoms with van der Waals surface area (Å²) in [6, 6.07) is 8.05. The summed E-state index contributed by atoms with van der Waals surface area (Å²) in [5, 5.41) is 16.5. The highest BCUT2D eigenvalue weighted by molar-refractivity contribution is 7.09. The Labute approximate surface area is 147 Å². The molecule has 0 amide bonds. The molecule has 2 aromatic rings. The molecule has 1 saturated carbocycles. The zero-order chi connectivity index (χ0) is 16.8. The zero-order valence-electron chi connectivity index (χ0n) is 14.2. The average Bonchev–Trinajstić information content (AvgIpc) is 3.26. The number of aliphatic hydroxyl groups is 1. The molecule has 1 aromatic heterocycles. The lowest BCUT2D eigenvalue weighted by molar-refractivity contribution is 0.109. The largest absolute Gasteiger partial charge is 0.486 e. The van der Waals surface area contributed by atoms with Crippen molar-refractivity contribution < 1.29 is 9.84 Å². The Morgan fingerprint density at radius 3 is 2.79 bits per heavy atom. The zero-order valence-corrected chi connectivity index (χ0v) is 15.0. The van der Waals surface area contributed by atoms with Crippen molar-refractivity contribution in [1.29, 1.82) is 0 Å². The van der Waals surface area contributed by atoms with Crippen molar-refractivity contribution in [3.63, 3.8) is 0 Å². The van der Waals surface area contributed by atoms with Crippen LogP contribution in [-0.2, 0) is 13.2 Å². The normalized spacial score (nSPS) is 16.4. The molecule has 0 radical (unpaired) electrons. The molecule has 1 fully saturated rings. The third kappa shape index (κ3) is 5.03. The predicted molar refractivity (Wildman–Crippen MR) is 97.3 cm³/mol. The molecule has 1 aromatic carbocycles. The quantitative estimate of drug-likeness (QED) is 0.766. The highest BCUT2D eigenvalue weighted by Crippen LogP contribution is 2.27. The third-order valence-electron chi connectivity index (χ3n) is 4.59. The van der Waals surface area contributed by atoms with Gasteiger partial charge >= 0.3 is 0 Å². The van der Waals surface area contributed by atoms with E-state index in [2.05, 4.69) is 22.6 Å². The first-order valence-electron chi connectivity index (χ1n) is 8.72. The van der Waals surface area contributed by atoms with E-state index >= 15 is 0 Å². The number of benzene rings is 1. The van der Waals surface area contributed by atoms with Crippen LogP contribution < -0.4 is 10.1 Å². The van der Waals surface area contributed by atoms with E-state index in [4.69, 9.17) is 4.74 Å². The van der Waals surface area contributed by atoms with Gasteiger partial charge in [-0.05, 0) is 37.8 Å². The van der Waals surface area contributed by atoms with Gasteiger partial charge < -0.3 is 15.2 Å². The number of rotatable bonds is 8. The molecule has 1 heterocycles. The van der Waals surface area contributed by atoms with Gasteiger partial charge in [0.25, 0.3) is 0 Å². The van der Waals surface area contributed by atoms with Crippen molar-refractivity contribution in [3.05, 3.63) is 45.9 Å². The lowest BCUT2D eigenvalue weighted by Crippen LogP contribution is -2.31. The van der Waals surface area contributed by atoms with E-state index in [1.807, 2.05) is 24.3 Å². The second-order valence-electron chi connectivity index (χ2n) is 6.58. The number of hydrogen-bond donors (Lipinski definition) is 2. The van der Waals surface area contributed by atoms with E-state index in [9.17, 15) is 5.11 Å². The molecule has 4 nitrogen and oxygen atoms in total. The van der Waals surface area contributed by atoms with Crippen molar-refractivity contribution >= 4 is 11.3 Å². The summed E-state index contributed by atoms with van der Waals surface area (Å²) in [6.07, 6.45) is 4.63. The van der Waals surface area contributed by atoms with Crippen LogP contribution in [0.15, 0.2) is 29.6 Å². The Kier molecular flexibility index (Phi) is 6.24. The van der Waals surface area contributed by atoms with Crippen molar-refractivity contribution in [2.45, 2.75) is 51.9 Å². The third-order valence-corrected chi connectivity index (χ3v) is 5.46. The highest BCUT2D eigenvalue weighted by atomic mass is 32.1. The molecule has 0 spiro atoms. The maximum absolute atomic E-state index is 10.2. The van der Waals surface area contributed by atoms with Gasteiger partial charge in [0.1, 0.15) is 17.4 Å². The van der Waals surface area contributed by atoms with Gasteiger partial charge in [-0.3, -0.25) is 0 Å². The maximum Gasteiger partial charge on any atom is 0.140 e. The lowest BCUT2D eigenvalue weighted by Gasteiger charge is -2.17. The number of nitrogens with one attached hydrogen (secondary N) is 1. The molecule has 3 rings (SSSR count). The summed E-state index contributed by atoms with van der Waals surface area (Å²) >= 11 is 1.62. The van der Waals surface area contributed by atoms with Crippen LogP contribution in [0.3, 0.4) is 0 Å². The molecule has 1 aliphatic rings. The van der Waals surface area contributed by atoms with Gasteiger partial charge in [0.05, 0.1) is 11.8 Å². The fraction of sp³-hybridized carbons (Fsp3) is 0.526. The van der Waals surface area contributed by atoms with Crippen molar-refractivity contribution in [1.82, 2.24) is 10.3 Å². The SMILES string of the molecule is Cc1ccc(OCc2nc(CNCC(O)C3CCCC3)cs2)cc1. The van der Waals surface area contributed by atoms with Crippen LogP contribution in [0.1, 0.15) is 41.9 Å². The summed E-state index contributed by atoms with van der Waals surface area (Å²) in [4.78, 5) is 4.59. The van der Waals surface area contributed by atoms with Gasteiger partial charge in [-0.25, -0.2) is 4.98 Å². The molecule has 1 atom stereocenters. The van der Waals surface area contributed by atoms with E-state index < -0.39 is 0 Å². The minimum absolute atomic E-state index is 0.226. The molecule has 0 bridgehead atoms. The highest BCUT2D eigenvalue weighted by Gasteiger charge is 2.22. The first kappa shape index (κ1) is 17.4. The summed E-state index contributed by atoms with van der Waals surface area (Å²) in [6.45, 7) is 3.91. The number of nitrogens with zero attached hydrogens (tertiary/aromatic N) is 1. The molecule has 1 aliphatic carbocycles. The van der Waals surface area contributed by atoms with E-state index in [1.165, 1.54) is 31.2 Å². The van der Waals surface area contributed by atoms with E-state index in [1.54, 1.807) is 11.3 Å². The van der Waals surface area contributed by atoms with Crippen LogP contribution in [0.2, 0.25) is 0 Å². The van der Waals surface area contributed by atoms with Crippen molar-refractivity contribution in [2.24, 2.45) is 5.92 Å². The van der Waals surface area contributed by atoms with E-state index in [0.29, 0.717) is 25.6 Å². The number of aryl methyl sites for hydroxylation is 1. The number of thiazole rings is 1. The van der Waals surface area contributed by atoms with Crippen LogP contribution in [0, 0.1) is 12.8 Å². The Hall–Kier alpha value is -1.43. The first-order chi connectivity index (χ1) is 11.7. The molecule has 0 saturated heterocycles. The Balaban J connectivity index is 1.39. The van der Waals surface area contributed by atoms with Gasteiger partial charge in [-0.2, -0.15) is 0 Å². The fourth-order valence-corrected chi connectivity index (χ4v) is 3.84. The maximum atomic E-state index is 10.2. The number of aromatic nitrogens is 1. The summed E-state index contributed by atoms with van der Waals surface area (Å²) in [7, 11) is 0. The van der Waals surface area contributed by atoms with Crippen LogP contribution in [0.5, 0.6) is 5.75 Å². The minimum atomic E-state index is -0.226. The van der Waals surface area contributed by atoms with Crippen LogP contribution in [-0.4, -0.2) is 22.7 Å². The smallest absolute Gasteiger partial charge is 0.140 e. The number of ether oxygens (including phenoxy) is 1. The number of aliphatic hydroxyl groups excluding tert-OH is 1. The van der Waals surface area contributed by atoms with Gasteiger partial charge in [0, 0.05) is 18.5 Å². The number of hydrogen-bond acceptors (Lipinski definition) is 5. The molecule has 2 N–H and O–H groups in total. The Morgan fingerprint density at radius 2 is 2.04 bits per heavy atom. The minimum Gasteiger partial charge on any atom is -0.486 e. The topological polar surface area (TPSA) is 54.4 Å². The molecule has 5 heteroatoms. The molecular weight excluding hydrogens is 320 g/mol. The van der Waals surface area contributed by atoms with Gasteiger partial charge in [-0.15, -0.1) is 11.3 Å². The molecule has 24 heavy (non-hydrogen) atoms. The van der Waals surface area contributed by atoms with Crippen LogP contribution >= 0.6 is 11.3 Å². The van der Waals surface area contributed by atoms with Gasteiger partial charge in [-0.1, -0.05) is 30.5 Å². The summed E-state index contributed by atoms with van der Waals surface area (Å²) in [5.74, 6) is 1.35. The first-order valence-corrected chi connectivity index (χ1v) is 9.60.